The van der Waals surface area contributed by atoms with Gasteiger partial charge in [-0.1, -0.05) is 13.8 Å². The van der Waals surface area contributed by atoms with Gasteiger partial charge in [-0.25, -0.2) is 0 Å². The lowest BCUT2D eigenvalue weighted by atomic mass is 10.1. The van der Waals surface area contributed by atoms with Crippen LogP contribution in [-0.2, 0) is 0 Å². The zero-order valence-corrected chi connectivity index (χ0v) is 14.0. The molecule has 0 unspecified atom stereocenters. The Morgan fingerprint density at radius 2 is 1.77 bits per heavy atom. The Bertz CT molecular complexity index is 462. The number of nitrogens with zero attached hydrogens (tertiary/aromatic N) is 2. The molecule has 0 amide bonds. The first-order valence-corrected chi connectivity index (χ1v) is 8.21. The lowest BCUT2D eigenvalue weighted by Gasteiger charge is -2.32. The number of ether oxygens (including phenoxy) is 1. The van der Waals surface area contributed by atoms with Gasteiger partial charge in [-0.2, -0.15) is 0 Å². The molecule has 1 aliphatic heterocycles. The number of rotatable bonds is 7. The minimum atomic E-state index is 0.217. The highest BCUT2D eigenvalue weighted by Gasteiger charge is 2.15. The van der Waals surface area contributed by atoms with Crippen LogP contribution in [-0.4, -0.2) is 62.0 Å². The molecule has 0 N–H and O–H groups in total. The monoisotopic (exact) mass is 304 g/mol. The molecule has 1 saturated heterocycles. The van der Waals surface area contributed by atoms with Crippen molar-refractivity contribution in [3.63, 3.8) is 0 Å². The van der Waals surface area contributed by atoms with Crippen LogP contribution >= 0.6 is 0 Å². The van der Waals surface area contributed by atoms with Crippen LogP contribution in [0, 0.1) is 5.92 Å². The number of hydrogen-bond donors (Lipinski definition) is 0. The molecule has 1 fully saturated rings. The number of hydrogen-bond acceptors (Lipinski definition) is 4. The summed E-state index contributed by atoms with van der Waals surface area (Å²) in [7, 11) is 2.14. The van der Waals surface area contributed by atoms with Gasteiger partial charge in [0.2, 0.25) is 0 Å². The van der Waals surface area contributed by atoms with Crippen molar-refractivity contribution in [2.45, 2.75) is 20.3 Å². The highest BCUT2D eigenvalue weighted by Crippen LogP contribution is 2.15. The van der Waals surface area contributed by atoms with Crippen molar-refractivity contribution >= 4 is 5.78 Å². The van der Waals surface area contributed by atoms with E-state index < -0.39 is 0 Å². The zero-order valence-electron chi connectivity index (χ0n) is 14.0. The quantitative estimate of drug-likeness (QED) is 0.725. The zero-order chi connectivity index (χ0) is 15.9. The first-order valence-electron chi connectivity index (χ1n) is 8.21. The molecule has 0 aromatic heterocycles. The summed E-state index contributed by atoms with van der Waals surface area (Å²) in [4.78, 5) is 17.0. The maximum atomic E-state index is 12.3. The molecule has 1 aromatic rings. The van der Waals surface area contributed by atoms with Crippen molar-refractivity contribution in [1.82, 2.24) is 9.80 Å². The molecule has 2 rings (SSSR count). The summed E-state index contributed by atoms with van der Waals surface area (Å²) in [6.07, 6.45) is 0.593. The minimum absolute atomic E-state index is 0.217. The third-order valence-electron chi connectivity index (χ3n) is 4.01. The van der Waals surface area contributed by atoms with Crippen LogP contribution in [0.1, 0.15) is 30.6 Å². The number of Topliss-reactive ketones (excluding diaryl/α,β-unsaturated/α-hetero) is 1. The first-order chi connectivity index (χ1) is 10.5. The van der Waals surface area contributed by atoms with Crippen LogP contribution in [0.4, 0.5) is 0 Å². The Labute approximate surface area is 134 Å². The average Bonchev–Trinajstić information content (AvgIpc) is 2.52. The van der Waals surface area contributed by atoms with E-state index in [4.69, 9.17) is 4.74 Å². The Balaban J connectivity index is 1.77. The molecule has 1 aromatic carbocycles. The van der Waals surface area contributed by atoms with Crippen molar-refractivity contribution in [2.24, 2.45) is 5.92 Å². The van der Waals surface area contributed by atoms with Crippen molar-refractivity contribution in [2.75, 3.05) is 46.4 Å². The Morgan fingerprint density at radius 3 is 2.36 bits per heavy atom. The fourth-order valence-electron chi connectivity index (χ4n) is 2.48. The molecule has 0 aliphatic carbocycles. The van der Waals surface area contributed by atoms with Crippen molar-refractivity contribution in [3.8, 4) is 5.75 Å². The molecule has 122 valence electrons. The summed E-state index contributed by atoms with van der Waals surface area (Å²) in [6.45, 7) is 10.1. The van der Waals surface area contributed by atoms with E-state index in [1.807, 2.05) is 24.3 Å². The van der Waals surface area contributed by atoms with E-state index in [1.54, 1.807) is 0 Å². The van der Waals surface area contributed by atoms with Crippen LogP contribution in [0.2, 0.25) is 0 Å². The Morgan fingerprint density at radius 1 is 1.14 bits per heavy atom. The number of piperazine rings is 1. The van der Waals surface area contributed by atoms with Crippen LogP contribution in [0.25, 0.3) is 0 Å². The molecule has 0 atom stereocenters. The van der Waals surface area contributed by atoms with E-state index in [1.165, 1.54) is 0 Å². The summed E-state index contributed by atoms with van der Waals surface area (Å²) < 4.78 is 5.64. The molecule has 0 saturated carbocycles. The third-order valence-corrected chi connectivity index (χ3v) is 4.01. The van der Waals surface area contributed by atoms with E-state index in [2.05, 4.69) is 30.7 Å². The highest BCUT2D eigenvalue weighted by atomic mass is 16.5. The van der Waals surface area contributed by atoms with Crippen LogP contribution in [0.3, 0.4) is 0 Å². The Kier molecular flexibility index (Phi) is 6.40. The van der Waals surface area contributed by atoms with Crippen LogP contribution in [0.15, 0.2) is 24.3 Å². The van der Waals surface area contributed by atoms with Gasteiger partial charge in [0.25, 0.3) is 0 Å². The second kappa shape index (κ2) is 8.30. The van der Waals surface area contributed by atoms with Crippen LogP contribution < -0.4 is 4.74 Å². The summed E-state index contributed by atoms with van der Waals surface area (Å²) in [6, 6.07) is 7.54. The van der Waals surface area contributed by atoms with Crippen molar-refractivity contribution in [3.05, 3.63) is 29.8 Å². The molecular weight excluding hydrogens is 276 g/mol. The second-order valence-electron chi connectivity index (χ2n) is 6.55. The van der Waals surface area contributed by atoms with E-state index in [9.17, 15) is 4.79 Å². The maximum Gasteiger partial charge on any atom is 0.164 e. The van der Waals surface area contributed by atoms with Crippen molar-refractivity contribution < 1.29 is 9.53 Å². The van der Waals surface area contributed by atoms with Gasteiger partial charge in [0, 0.05) is 44.7 Å². The largest absolute Gasteiger partial charge is 0.493 e. The molecule has 4 heteroatoms. The van der Waals surface area contributed by atoms with E-state index in [0.29, 0.717) is 18.9 Å². The SMILES string of the molecule is CC(C)COc1ccc(C(=O)CCN2CCN(C)CC2)cc1. The number of carbonyl (C=O) groups excluding carboxylic acids is 1. The predicted molar refractivity (Wildman–Crippen MR) is 89.7 cm³/mol. The third kappa shape index (κ3) is 5.43. The summed E-state index contributed by atoms with van der Waals surface area (Å²) in [5.41, 5.74) is 0.783. The highest BCUT2D eigenvalue weighted by molar-refractivity contribution is 5.96. The summed E-state index contributed by atoms with van der Waals surface area (Å²) >= 11 is 0. The van der Waals surface area contributed by atoms with E-state index >= 15 is 0 Å². The standard InChI is InChI=1S/C18H28N2O2/c1-15(2)14-22-17-6-4-16(5-7-17)18(21)8-9-20-12-10-19(3)11-13-20/h4-7,15H,8-14H2,1-3H3. The predicted octanol–water partition coefficient (Wildman–Crippen LogP) is 2.54. The maximum absolute atomic E-state index is 12.3. The fourth-order valence-corrected chi connectivity index (χ4v) is 2.48. The number of likely N-dealkylation sites (N-methyl/N-ethyl adjacent to an activating group) is 1. The van der Waals surface area contributed by atoms with Gasteiger partial charge in [-0.15, -0.1) is 0 Å². The topological polar surface area (TPSA) is 32.8 Å². The van der Waals surface area contributed by atoms with E-state index in [-0.39, 0.29) is 5.78 Å². The van der Waals surface area contributed by atoms with Gasteiger partial charge in [-0.3, -0.25) is 4.79 Å². The van der Waals surface area contributed by atoms with Gasteiger partial charge in [-0.05, 0) is 37.2 Å². The number of ketones is 1. The van der Waals surface area contributed by atoms with Gasteiger partial charge in [0.1, 0.15) is 5.75 Å². The van der Waals surface area contributed by atoms with Gasteiger partial charge >= 0.3 is 0 Å². The molecule has 1 aliphatic rings. The van der Waals surface area contributed by atoms with Crippen LogP contribution in [0.5, 0.6) is 5.75 Å². The normalized spacial score (nSPS) is 16.9. The molecule has 0 spiro atoms. The molecule has 4 nitrogen and oxygen atoms in total. The molecular formula is C18H28N2O2. The van der Waals surface area contributed by atoms with Gasteiger partial charge in [0.05, 0.1) is 6.61 Å². The van der Waals surface area contributed by atoms with Gasteiger partial charge < -0.3 is 14.5 Å². The van der Waals surface area contributed by atoms with E-state index in [0.717, 1.165) is 44.0 Å². The smallest absolute Gasteiger partial charge is 0.164 e. The summed E-state index contributed by atoms with van der Waals surface area (Å²) in [5.74, 6) is 1.56. The number of benzene rings is 1. The second-order valence-corrected chi connectivity index (χ2v) is 6.55. The average molecular weight is 304 g/mol. The first kappa shape index (κ1) is 17.0. The summed E-state index contributed by atoms with van der Waals surface area (Å²) in [5, 5.41) is 0. The molecule has 1 heterocycles. The molecule has 22 heavy (non-hydrogen) atoms. The lowest BCUT2D eigenvalue weighted by molar-refractivity contribution is 0.0942. The minimum Gasteiger partial charge on any atom is -0.493 e. The lowest BCUT2D eigenvalue weighted by Crippen LogP contribution is -2.45. The fraction of sp³-hybridized carbons (Fsp3) is 0.611. The van der Waals surface area contributed by atoms with Gasteiger partial charge in [0.15, 0.2) is 5.78 Å². The number of carbonyl (C=O) groups is 1. The molecule has 0 bridgehead atoms. The Hall–Kier alpha value is -1.39. The molecule has 0 radical (unpaired) electrons. The van der Waals surface area contributed by atoms with Crippen molar-refractivity contribution in [1.29, 1.82) is 0 Å².